The van der Waals surface area contributed by atoms with Crippen molar-refractivity contribution in [2.75, 3.05) is 13.1 Å². The largest absolute Gasteiger partial charge is 0.335 e. The lowest BCUT2D eigenvalue weighted by atomic mass is 10.2. The maximum atomic E-state index is 12.3. The van der Waals surface area contributed by atoms with Crippen molar-refractivity contribution in [1.82, 2.24) is 4.90 Å². The molecular weight excluding hydrogens is 232 g/mol. The predicted octanol–water partition coefficient (Wildman–Crippen LogP) is 1.68. The summed E-state index contributed by atoms with van der Waals surface area (Å²) in [6.07, 6.45) is 2.27. The second-order valence-electron chi connectivity index (χ2n) is 3.99. The molecule has 0 bridgehead atoms. The summed E-state index contributed by atoms with van der Waals surface area (Å²) in [5.41, 5.74) is 6.16. The standard InChI is InChI=1S/C13H16N2OS/c1-2-15(11-5-6-11)13(16)12-10(4-3-8-14)7-9-17-12/h7,9,11H,2,5-6,8,14H2,1H3. The van der Waals surface area contributed by atoms with Gasteiger partial charge in [0.1, 0.15) is 4.88 Å². The van der Waals surface area contributed by atoms with Gasteiger partial charge in [0.05, 0.1) is 6.54 Å². The van der Waals surface area contributed by atoms with Gasteiger partial charge in [-0.25, -0.2) is 0 Å². The minimum atomic E-state index is 0.117. The summed E-state index contributed by atoms with van der Waals surface area (Å²) >= 11 is 1.46. The van der Waals surface area contributed by atoms with Crippen LogP contribution in [0.1, 0.15) is 35.0 Å². The van der Waals surface area contributed by atoms with Gasteiger partial charge in [0.2, 0.25) is 0 Å². The minimum absolute atomic E-state index is 0.117. The number of rotatable bonds is 3. The second kappa shape index (κ2) is 5.35. The average Bonchev–Trinajstić information content (AvgIpc) is 3.05. The molecule has 0 atom stereocenters. The van der Waals surface area contributed by atoms with Crippen LogP contribution in [0, 0.1) is 11.8 Å². The molecule has 0 radical (unpaired) electrons. The third kappa shape index (κ3) is 2.68. The van der Waals surface area contributed by atoms with E-state index in [2.05, 4.69) is 11.8 Å². The number of hydrogen-bond acceptors (Lipinski definition) is 3. The monoisotopic (exact) mass is 248 g/mol. The molecule has 1 saturated carbocycles. The number of carbonyl (C=O) groups excluding carboxylic acids is 1. The Morgan fingerprint density at radius 2 is 2.41 bits per heavy atom. The van der Waals surface area contributed by atoms with E-state index in [0.717, 1.165) is 29.8 Å². The Balaban J connectivity index is 2.20. The highest BCUT2D eigenvalue weighted by Gasteiger charge is 2.32. The summed E-state index contributed by atoms with van der Waals surface area (Å²) in [4.78, 5) is 15.0. The van der Waals surface area contributed by atoms with Crippen LogP contribution >= 0.6 is 11.3 Å². The first-order valence-electron chi connectivity index (χ1n) is 5.85. The summed E-state index contributed by atoms with van der Waals surface area (Å²) in [6.45, 7) is 3.11. The van der Waals surface area contributed by atoms with Crippen molar-refractivity contribution in [2.24, 2.45) is 5.73 Å². The maximum Gasteiger partial charge on any atom is 0.265 e. The lowest BCUT2D eigenvalue weighted by molar-refractivity contribution is 0.0757. The molecule has 1 aliphatic carbocycles. The van der Waals surface area contributed by atoms with E-state index in [0.29, 0.717) is 12.6 Å². The first kappa shape index (κ1) is 12.2. The fourth-order valence-electron chi connectivity index (χ4n) is 1.80. The van der Waals surface area contributed by atoms with Crippen LogP contribution in [0.2, 0.25) is 0 Å². The first-order chi connectivity index (χ1) is 8.27. The molecule has 0 spiro atoms. The summed E-state index contributed by atoms with van der Waals surface area (Å²) in [6, 6.07) is 2.34. The van der Waals surface area contributed by atoms with E-state index < -0.39 is 0 Å². The van der Waals surface area contributed by atoms with Gasteiger partial charge in [-0.05, 0) is 31.2 Å². The number of thiophene rings is 1. The fraction of sp³-hybridized carbons (Fsp3) is 0.462. The third-order valence-corrected chi connectivity index (χ3v) is 3.68. The molecule has 17 heavy (non-hydrogen) atoms. The third-order valence-electron chi connectivity index (χ3n) is 2.77. The van der Waals surface area contributed by atoms with Crippen LogP contribution in [0.25, 0.3) is 0 Å². The molecule has 0 aromatic carbocycles. The Bertz CT molecular complexity index is 465. The summed E-state index contributed by atoms with van der Waals surface area (Å²) < 4.78 is 0. The number of hydrogen-bond donors (Lipinski definition) is 1. The van der Waals surface area contributed by atoms with E-state index in [9.17, 15) is 4.79 Å². The molecule has 1 aliphatic rings. The molecule has 1 fully saturated rings. The van der Waals surface area contributed by atoms with Gasteiger partial charge in [-0.2, -0.15) is 0 Å². The van der Waals surface area contributed by atoms with E-state index in [1.165, 1.54) is 11.3 Å². The van der Waals surface area contributed by atoms with Crippen molar-refractivity contribution in [3.05, 3.63) is 21.9 Å². The van der Waals surface area contributed by atoms with Gasteiger partial charge < -0.3 is 10.6 Å². The molecule has 0 saturated heterocycles. The van der Waals surface area contributed by atoms with E-state index in [1.54, 1.807) is 0 Å². The van der Waals surface area contributed by atoms with Crippen molar-refractivity contribution in [3.63, 3.8) is 0 Å². The van der Waals surface area contributed by atoms with E-state index in [-0.39, 0.29) is 5.91 Å². The highest BCUT2D eigenvalue weighted by Crippen LogP contribution is 2.29. The quantitative estimate of drug-likeness (QED) is 0.827. The van der Waals surface area contributed by atoms with Crippen LogP contribution in [-0.2, 0) is 0 Å². The zero-order chi connectivity index (χ0) is 12.3. The van der Waals surface area contributed by atoms with Gasteiger partial charge in [0, 0.05) is 18.2 Å². The van der Waals surface area contributed by atoms with Crippen molar-refractivity contribution in [1.29, 1.82) is 0 Å². The van der Waals surface area contributed by atoms with Crippen LogP contribution in [0.15, 0.2) is 11.4 Å². The SMILES string of the molecule is CCN(C(=O)c1sccc1C#CCN)C1CC1. The highest BCUT2D eigenvalue weighted by molar-refractivity contribution is 7.12. The van der Waals surface area contributed by atoms with Crippen molar-refractivity contribution in [3.8, 4) is 11.8 Å². The van der Waals surface area contributed by atoms with Crippen LogP contribution in [-0.4, -0.2) is 29.9 Å². The van der Waals surface area contributed by atoms with Crippen LogP contribution in [0.5, 0.6) is 0 Å². The maximum absolute atomic E-state index is 12.3. The van der Waals surface area contributed by atoms with Crippen LogP contribution in [0.4, 0.5) is 0 Å². The molecule has 90 valence electrons. The average molecular weight is 248 g/mol. The zero-order valence-electron chi connectivity index (χ0n) is 9.90. The van der Waals surface area contributed by atoms with E-state index >= 15 is 0 Å². The van der Waals surface area contributed by atoms with E-state index in [1.807, 2.05) is 23.3 Å². The van der Waals surface area contributed by atoms with Gasteiger partial charge in [0.25, 0.3) is 5.91 Å². The van der Waals surface area contributed by atoms with Gasteiger partial charge >= 0.3 is 0 Å². The van der Waals surface area contributed by atoms with Crippen LogP contribution in [0.3, 0.4) is 0 Å². The molecule has 2 N–H and O–H groups in total. The number of nitrogens with zero attached hydrogens (tertiary/aromatic N) is 1. The zero-order valence-corrected chi connectivity index (χ0v) is 10.7. The van der Waals surface area contributed by atoms with Crippen molar-refractivity contribution in [2.45, 2.75) is 25.8 Å². The second-order valence-corrected chi connectivity index (χ2v) is 4.91. The normalized spacial score (nSPS) is 14.0. The van der Waals surface area contributed by atoms with Gasteiger partial charge in [-0.1, -0.05) is 11.8 Å². The molecule has 4 heteroatoms. The Morgan fingerprint density at radius 3 is 3.00 bits per heavy atom. The van der Waals surface area contributed by atoms with Gasteiger partial charge in [-0.15, -0.1) is 11.3 Å². The molecular formula is C13H16N2OS. The Labute approximate surface area is 106 Å². The smallest absolute Gasteiger partial charge is 0.265 e. The molecule has 1 heterocycles. The van der Waals surface area contributed by atoms with Crippen molar-refractivity contribution >= 4 is 17.2 Å². The van der Waals surface area contributed by atoms with Gasteiger partial charge in [0.15, 0.2) is 0 Å². The highest BCUT2D eigenvalue weighted by atomic mass is 32.1. The van der Waals surface area contributed by atoms with E-state index in [4.69, 9.17) is 5.73 Å². The molecule has 0 aliphatic heterocycles. The molecule has 3 nitrogen and oxygen atoms in total. The van der Waals surface area contributed by atoms with Crippen molar-refractivity contribution < 1.29 is 4.79 Å². The minimum Gasteiger partial charge on any atom is -0.335 e. The lowest BCUT2D eigenvalue weighted by Crippen LogP contribution is -2.32. The fourth-order valence-corrected chi connectivity index (χ4v) is 2.61. The van der Waals surface area contributed by atoms with Crippen LogP contribution < -0.4 is 5.73 Å². The Hall–Kier alpha value is -1.31. The summed E-state index contributed by atoms with van der Waals surface area (Å²) in [7, 11) is 0. The molecule has 1 amide bonds. The Morgan fingerprint density at radius 1 is 1.65 bits per heavy atom. The number of nitrogens with two attached hydrogens (primary N) is 1. The van der Waals surface area contributed by atoms with Gasteiger partial charge in [-0.3, -0.25) is 4.79 Å². The Kier molecular flexibility index (Phi) is 3.82. The molecule has 1 aromatic rings. The first-order valence-corrected chi connectivity index (χ1v) is 6.73. The number of amides is 1. The topological polar surface area (TPSA) is 46.3 Å². The molecule has 2 rings (SSSR count). The molecule has 0 unspecified atom stereocenters. The molecule has 1 aromatic heterocycles. The number of carbonyl (C=O) groups is 1. The lowest BCUT2D eigenvalue weighted by Gasteiger charge is -2.19. The summed E-state index contributed by atoms with van der Waals surface area (Å²) in [5.74, 6) is 5.88. The summed E-state index contributed by atoms with van der Waals surface area (Å²) in [5, 5.41) is 1.91. The predicted molar refractivity (Wildman–Crippen MR) is 70.0 cm³/mol.